The van der Waals surface area contributed by atoms with E-state index in [2.05, 4.69) is 41.7 Å². The predicted molar refractivity (Wildman–Crippen MR) is 101 cm³/mol. The minimum atomic E-state index is -0.0708. The number of nitrogens with one attached hydrogen (secondary N) is 1. The highest BCUT2D eigenvalue weighted by molar-refractivity contribution is 5.85. The molecule has 0 aliphatic heterocycles. The zero-order chi connectivity index (χ0) is 17.8. The van der Waals surface area contributed by atoms with Crippen molar-refractivity contribution in [3.05, 3.63) is 71.2 Å². The third-order valence-corrected chi connectivity index (χ3v) is 4.52. The summed E-state index contributed by atoms with van der Waals surface area (Å²) < 4.78 is 5.49. The van der Waals surface area contributed by atoms with Crippen LogP contribution in [0.25, 0.3) is 10.8 Å². The number of rotatable bonds is 5. The minimum Gasteiger partial charge on any atom is -0.466 e. The van der Waals surface area contributed by atoms with Gasteiger partial charge in [0, 0.05) is 25.7 Å². The molecule has 0 radical (unpaired) electrons. The van der Waals surface area contributed by atoms with Gasteiger partial charge in [0.1, 0.15) is 11.5 Å². The first-order chi connectivity index (χ1) is 12.0. The van der Waals surface area contributed by atoms with Crippen LogP contribution in [0.4, 0.5) is 4.79 Å². The molecule has 1 N–H and O–H groups in total. The first-order valence-corrected chi connectivity index (χ1v) is 8.56. The van der Waals surface area contributed by atoms with Crippen LogP contribution >= 0.6 is 0 Å². The van der Waals surface area contributed by atoms with Crippen LogP contribution in [0.3, 0.4) is 0 Å². The van der Waals surface area contributed by atoms with Gasteiger partial charge >= 0.3 is 6.03 Å². The van der Waals surface area contributed by atoms with Gasteiger partial charge in [-0.1, -0.05) is 42.5 Å². The number of carbonyl (C=O) groups is 1. The second-order valence-corrected chi connectivity index (χ2v) is 6.41. The summed E-state index contributed by atoms with van der Waals surface area (Å²) in [4.78, 5) is 14.0. The van der Waals surface area contributed by atoms with Crippen molar-refractivity contribution in [2.75, 3.05) is 13.6 Å². The van der Waals surface area contributed by atoms with Crippen LogP contribution in [0.1, 0.15) is 22.6 Å². The molecule has 4 heteroatoms. The Balaban J connectivity index is 1.57. The number of urea groups is 1. The molecule has 0 unspecified atom stereocenters. The molecule has 3 aromatic rings. The van der Waals surface area contributed by atoms with Gasteiger partial charge in [0.25, 0.3) is 0 Å². The quantitative estimate of drug-likeness (QED) is 0.749. The topological polar surface area (TPSA) is 45.5 Å². The lowest BCUT2D eigenvalue weighted by Gasteiger charge is -2.18. The summed E-state index contributed by atoms with van der Waals surface area (Å²) in [7, 11) is 1.83. The van der Waals surface area contributed by atoms with E-state index in [9.17, 15) is 4.79 Å². The number of fused-ring (bicyclic) bond motifs is 1. The fourth-order valence-corrected chi connectivity index (χ4v) is 3.06. The number of hydrogen-bond acceptors (Lipinski definition) is 2. The second kappa shape index (κ2) is 7.43. The third kappa shape index (κ3) is 4.02. The number of amides is 2. The number of carbonyl (C=O) groups excluding carboxylic acids is 1. The lowest BCUT2D eigenvalue weighted by molar-refractivity contribution is 0.209. The summed E-state index contributed by atoms with van der Waals surface area (Å²) in [6, 6.07) is 16.6. The third-order valence-electron chi connectivity index (χ3n) is 4.52. The number of hydrogen-bond donors (Lipinski definition) is 1. The van der Waals surface area contributed by atoms with Crippen molar-refractivity contribution in [1.82, 2.24) is 10.2 Å². The maximum atomic E-state index is 12.3. The van der Waals surface area contributed by atoms with Crippen molar-refractivity contribution in [2.45, 2.75) is 26.8 Å². The van der Waals surface area contributed by atoms with Crippen LogP contribution in [-0.2, 0) is 13.0 Å². The molecular formula is C21H24N2O2. The van der Waals surface area contributed by atoms with Gasteiger partial charge in [0.15, 0.2) is 0 Å². The number of likely N-dealkylation sites (N-methyl/N-ethyl adjacent to an activating group) is 1. The van der Waals surface area contributed by atoms with Gasteiger partial charge in [-0.25, -0.2) is 4.79 Å². The SMILES string of the molecule is Cc1cc(CNC(=O)N(C)CCc2cccc3ccccc23)c(C)o1. The summed E-state index contributed by atoms with van der Waals surface area (Å²) in [5.74, 6) is 1.72. The molecule has 130 valence electrons. The van der Waals surface area contributed by atoms with Crippen molar-refractivity contribution < 1.29 is 9.21 Å². The van der Waals surface area contributed by atoms with Crippen molar-refractivity contribution >= 4 is 16.8 Å². The van der Waals surface area contributed by atoms with Gasteiger partial charge in [0.2, 0.25) is 0 Å². The van der Waals surface area contributed by atoms with Crippen LogP contribution in [-0.4, -0.2) is 24.5 Å². The Morgan fingerprint density at radius 3 is 2.60 bits per heavy atom. The van der Waals surface area contributed by atoms with Crippen LogP contribution < -0.4 is 5.32 Å². The summed E-state index contributed by atoms with van der Waals surface area (Å²) in [6.45, 7) is 4.98. The standard InChI is InChI=1S/C21H24N2O2/c1-15-13-19(16(2)25-15)14-22-21(24)23(3)12-11-18-9-6-8-17-7-4-5-10-20(17)18/h4-10,13H,11-12,14H2,1-3H3,(H,22,24). The van der Waals surface area contributed by atoms with E-state index in [1.165, 1.54) is 16.3 Å². The Labute approximate surface area is 148 Å². The first-order valence-electron chi connectivity index (χ1n) is 8.56. The van der Waals surface area contributed by atoms with E-state index in [0.717, 1.165) is 23.5 Å². The largest absolute Gasteiger partial charge is 0.466 e. The van der Waals surface area contributed by atoms with Crippen molar-refractivity contribution in [3.63, 3.8) is 0 Å². The monoisotopic (exact) mass is 336 g/mol. The van der Waals surface area contributed by atoms with E-state index in [-0.39, 0.29) is 6.03 Å². The summed E-state index contributed by atoms with van der Waals surface area (Å²) >= 11 is 0. The van der Waals surface area contributed by atoms with Gasteiger partial charge in [-0.3, -0.25) is 0 Å². The van der Waals surface area contributed by atoms with Crippen molar-refractivity contribution in [1.29, 1.82) is 0 Å². The molecule has 4 nitrogen and oxygen atoms in total. The molecule has 0 atom stereocenters. The lowest BCUT2D eigenvalue weighted by atomic mass is 10.0. The number of nitrogens with zero attached hydrogens (tertiary/aromatic N) is 1. The zero-order valence-corrected chi connectivity index (χ0v) is 15.0. The molecule has 0 saturated carbocycles. The maximum Gasteiger partial charge on any atom is 0.317 e. The van der Waals surface area contributed by atoms with Crippen molar-refractivity contribution in [3.8, 4) is 0 Å². The van der Waals surface area contributed by atoms with E-state index in [1.54, 1.807) is 4.90 Å². The molecule has 0 aliphatic rings. The number of furan rings is 1. The Bertz CT molecular complexity index is 877. The molecule has 2 aromatic carbocycles. The summed E-state index contributed by atoms with van der Waals surface area (Å²) in [6.07, 6.45) is 0.828. The summed E-state index contributed by atoms with van der Waals surface area (Å²) in [5, 5.41) is 5.44. The minimum absolute atomic E-state index is 0.0708. The number of benzene rings is 2. The van der Waals surface area contributed by atoms with Gasteiger partial charge in [-0.15, -0.1) is 0 Å². The number of aryl methyl sites for hydroxylation is 2. The maximum absolute atomic E-state index is 12.3. The molecule has 0 aliphatic carbocycles. The highest BCUT2D eigenvalue weighted by Gasteiger charge is 2.11. The Kier molecular flexibility index (Phi) is 5.08. The molecule has 2 amide bonds. The molecule has 1 aromatic heterocycles. The Morgan fingerprint density at radius 1 is 1.08 bits per heavy atom. The van der Waals surface area contributed by atoms with E-state index in [4.69, 9.17) is 4.42 Å². The zero-order valence-electron chi connectivity index (χ0n) is 15.0. The van der Waals surface area contributed by atoms with Gasteiger partial charge in [-0.2, -0.15) is 0 Å². The normalized spacial score (nSPS) is 10.8. The first kappa shape index (κ1) is 17.1. The average molecular weight is 336 g/mol. The van der Waals surface area contributed by atoms with Crippen LogP contribution in [0.2, 0.25) is 0 Å². The lowest BCUT2D eigenvalue weighted by Crippen LogP contribution is -2.38. The van der Waals surface area contributed by atoms with Gasteiger partial charge < -0.3 is 14.6 Å². The average Bonchev–Trinajstić information content (AvgIpc) is 2.94. The molecule has 0 fully saturated rings. The fourth-order valence-electron chi connectivity index (χ4n) is 3.06. The smallest absolute Gasteiger partial charge is 0.317 e. The van der Waals surface area contributed by atoms with E-state index < -0.39 is 0 Å². The van der Waals surface area contributed by atoms with Crippen molar-refractivity contribution in [2.24, 2.45) is 0 Å². The fraction of sp³-hybridized carbons (Fsp3) is 0.286. The van der Waals surface area contributed by atoms with Crippen LogP contribution in [0.15, 0.2) is 52.9 Å². The molecule has 0 spiro atoms. The summed E-state index contributed by atoms with van der Waals surface area (Å²) in [5.41, 5.74) is 2.28. The van der Waals surface area contributed by atoms with E-state index in [0.29, 0.717) is 13.1 Å². The molecule has 0 bridgehead atoms. The predicted octanol–water partition coefficient (Wildman–Crippen LogP) is 4.43. The highest BCUT2D eigenvalue weighted by atomic mass is 16.3. The van der Waals surface area contributed by atoms with Crippen LogP contribution in [0.5, 0.6) is 0 Å². The van der Waals surface area contributed by atoms with Gasteiger partial charge in [0.05, 0.1) is 0 Å². The molecule has 1 heterocycles. The molecule has 3 rings (SSSR count). The second-order valence-electron chi connectivity index (χ2n) is 6.41. The molecular weight excluding hydrogens is 312 g/mol. The van der Waals surface area contributed by atoms with E-state index >= 15 is 0 Å². The Hall–Kier alpha value is -2.75. The Morgan fingerprint density at radius 2 is 1.84 bits per heavy atom. The molecule has 0 saturated heterocycles. The highest BCUT2D eigenvalue weighted by Crippen LogP contribution is 2.19. The molecule has 25 heavy (non-hydrogen) atoms. The van der Waals surface area contributed by atoms with Crippen LogP contribution in [0, 0.1) is 13.8 Å². The van der Waals surface area contributed by atoms with Gasteiger partial charge in [-0.05, 0) is 42.7 Å². The van der Waals surface area contributed by atoms with E-state index in [1.807, 2.05) is 33.0 Å².